The van der Waals surface area contributed by atoms with Gasteiger partial charge in [-0.2, -0.15) is 0 Å². The van der Waals surface area contributed by atoms with Crippen LogP contribution in [0.1, 0.15) is 11.1 Å². The Morgan fingerprint density at radius 1 is 1.04 bits per heavy atom. The van der Waals surface area contributed by atoms with E-state index in [1.807, 2.05) is 54.6 Å². The average Bonchev–Trinajstić information content (AvgIpc) is 2.54. The predicted octanol–water partition coefficient (Wildman–Crippen LogP) is 2.91. The van der Waals surface area contributed by atoms with Crippen molar-refractivity contribution in [1.82, 2.24) is 4.90 Å². The quantitative estimate of drug-likeness (QED) is 0.625. The molecule has 2 aromatic rings. The van der Waals surface area contributed by atoms with E-state index in [1.54, 1.807) is 11.9 Å². The van der Waals surface area contributed by atoms with Gasteiger partial charge in [0.05, 0.1) is 19.6 Å². The zero-order valence-corrected chi connectivity index (χ0v) is 14.1. The molecule has 2 N–H and O–H groups in total. The van der Waals surface area contributed by atoms with Crippen LogP contribution >= 0.6 is 12.4 Å². The van der Waals surface area contributed by atoms with Gasteiger partial charge in [0.25, 0.3) is 0 Å². The number of carbonyl (C=O) groups is 1. The Labute approximate surface area is 143 Å². The predicted molar refractivity (Wildman–Crippen MR) is 95.5 cm³/mol. The maximum Gasteiger partial charge on any atom is 0.226 e. The lowest BCUT2D eigenvalue weighted by molar-refractivity contribution is -0.129. The summed E-state index contributed by atoms with van der Waals surface area (Å²) in [6.07, 6.45) is 0.384. The van der Waals surface area contributed by atoms with E-state index >= 15 is 0 Å². The Morgan fingerprint density at radius 2 is 1.70 bits per heavy atom. The van der Waals surface area contributed by atoms with Crippen LogP contribution in [-0.2, 0) is 22.6 Å². The molecule has 1 amide bonds. The largest absolute Gasteiger partial charge is 0.399 e. The maximum atomic E-state index is 12.1. The zero-order valence-electron chi connectivity index (χ0n) is 13.3. The highest BCUT2D eigenvalue weighted by Gasteiger charge is 2.09. The van der Waals surface area contributed by atoms with Gasteiger partial charge < -0.3 is 15.4 Å². The highest BCUT2D eigenvalue weighted by molar-refractivity contribution is 5.85. The van der Waals surface area contributed by atoms with E-state index < -0.39 is 0 Å². The van der Waals surface area contributed by atoms with Crippen LogP contribution in [0.25, 0.3) is 0 Å². The number of nitrogens with zero attached hydrogens (tertiary/aromatic N) is 1. The van der Waals surface area contributed by atoms with Crippen LogP contribution in [0, 0.1) is 0 Å². The number of nitrogens with two attached hydrogens (primary N) is 1. The van der Waals surface area contributed by atoms with Crippen LogP contribution in [0.3, 0.4) is 0 Å². The van der Waals surface area contributed by atoms with Gasteiger partial charge in [-0.15, -0.1) is 12.4 Å². The van der Waals surface area contributed by atoms with Gasteiger partial charge in [0.15, 0.2) is 0 Å². The first-order valence-corrected chi connectivity index (χ1v) is 7.35. The summed E-state index contributed by atoms with van der Waals surface area (Å²) in [5, 5.41) is 0. The van der Waals surface area contributed by atoms with Crippen LogP contribution < -0.4 is 5.73 Å². The molecule has 0 heterocycles. The number of likely N-dealkylation sites (N-methyl/N-ethyl adjacent to an activating group) is 1. The number of amides is 1. The molecular weight excluding hydrogens is 312 g/mol. The number of hydrogen-bond acceptors (Lipinski definition) is 3. The molecule has 0 atom stereocenters. The number of anilines is 1. The fourth-order valence-electron chi connectivity index (χ4n) is 2.04. The molecule has 2 rings (SSSR count). The van der Waals surface area contributed by atoms with E-state index in [1.165, 1.54) is 0 Å². The molecule has 0 saturated heterocycles. The molecule has 4 nitrogen and oxygen atoms in total. The SMILES string of the molecule is CN(CCOCc1ccccc1)C(=O)Cc1ccc(N)cc1.Cl. The van der Waals surface area contributed by atoms with Crippen molar-refractivity contribution in [3.05, 3.63) is 65.7 Å². The number of halogens is 1. The van der Waals surface area contributed by atoms with Crippen LogP contribution in [0.5, 0.6) is 0 Å². The summed E-state index contributed by atoms with van der Waals surface area (Å²) in [6, 6.07) is 17.4. The molecule has 0 aromatic heterocycles. The van der Waals surface area contributed by atoms with Gasteiger partial charge in [0.2, 0.25) is 5.91 Å². The highest BCUT2D eigenvalue weighted by Crippen LogP contribution is 2.07. The standard InChI is InChI=1S/C18H22N2O2.ClH/c1-20(11-12-22-14-16-5-3-2-4-6-16)18(21)13-15-7-9-17(19)10-8-15;/h2-10H,11-14,19H2,1H3;1H. The van der Waals surface area contributed by atoms with Crippen molar-refractivity contribution in [1.29, 1.82) is 0 Å². The molecule has 0 fully saturated rings. The van der Waals surface area contributed by atoms with Crippen molar-refractivity contribution >= 4 is 24.0 Å². The van der Waals surface area contributed by atoms with Gasteiger partial charge >= 0.3 is 0 Å². The lowest BCUT2D eigenvalue weighted by Crippen LogP contribution is -2.31. The molecule has 23 heavy (non-hydrogen) atoms. The molecule has 0 radical (unpaired) electrons. The van der Waals surface area contributed by atoms with Crippen molar-refractivity contribution in [2.75, 3.05) is 25.9 Å². The molecule has 0 bridgehead atoms. The second-order valence-electron chi connectivity index (χ2n) is 5.27. The second kappa shape index (κ2) is 9.87. The number of ether oxygens (including phenoxy) is 1. The van der Waals surface area contributed by atoms with Crippen molar-refractivity contribution in [3.63, 3.8) is 0 Å². The topological polar surface area (TPSA) is 55.6 Å². The molecule has 5 heteroatoms. The second-order valence-corrected chi connectivity index (χ2v) is 5.27. The first kappa shape index (κ1) is 19.0. The Bertz CT molecular complexity index is 588. The minimum absolute atomic E-state index is 0. The Morgan fingerprint density at radius 3 is 2.35 bits per heavy atom. The molecular formula is C18H23ClN2O2. The van der Waals surface area contributed by atoms with Crippen LogP contribution in [0.2, 0.25) is 0 Å². The normalized spacial score (nSPS) is 9.96. The van der Waals surface area contributed by atoms with E-state index in [-0.39, 0.29) is 18.3 Å². The van der Waals surface area contributed by atoms with Crippen molar-refractivity contribution in [3.8, 4) is 0 Å². The van der Waals surface area contributed by atoms with Gasteiger partial charge in [-0.25, -0.2) is 0 Å². The Balaban J connectivity index is 0.00000264. The van der Waals surface area contributed by atoms with Gasteiger partial charge in [0.1, 0.15) is 0 Å². The molecule has 0 aliphatic rings. The third kappa shape index (κ3) is 6.72. The summed E-state index contributed by atoms with van der Waals surface area (Å²) in [5.74, 6) is 0.0769. The molecule has 0 unspecified atom stereocenters. The third-order valence-electron chi connectivity index (χ3n) is 3.44. The van der Waals surface area contributed by atoms with Crippen LogP contribution in [0.4, 0.5) is 5.69 Å². The van der Waals surface area contributed by atoms with Gasteiger partial charge in [-0.3, -0.25) is 4.79 Å². The fraction of sp³-hybridized carbons (Fsp3) is 0.278. The van der Waals surface area contributed by atoms with Gasteiger partial charge in [0, 0.05) is 19.3 Å². The lowest BCUT2D eigenvalue weighted by Gasteiger charge is -2.17. The monoisotopic (exact) mass is 334 g/mol. The number of hydrogen-bond donors (Lipinski definition) is 1. The summed E-state index contributed by atoms with van der Waals surface area (Å²) in [5.41, 5.74) is 8.45. The first-order valence-electron chi connectivity index (χ1n) is 7.35. The fourth-order valence-corrected chi connectivity index (χ4v) is 2.04. The molecule has 0 aliphatic carbocycles. The molecule has 0 saturated carbocycles. The minimum Gasteiger partial charge on any atom is -0.399 e. The van der Waals surface area contributed by atoms with E-state index in [0.29, 0.717) is 31.9 Å². The zero-order chi connectivity index (χ0) is 15.8. The summed E-state index contributed by atoms with van der Waals surface area (Å²) in [4.78, 5) is 13.8. The van der Waals surface area contributed by atoms with Gasteiger partial charge in [-0.1, -0.05) is 42.5 Å². The number of carbonyl (C=O) groups excluding carboxylic acids is 1. The van der Waals surface area contributed by atoms with E-state index in [4.69, 9.17) is 10.5 Å². The first-order chi connectivity index (χ1) is 10.6. The highest BCUT2D eigenvalue weighted by atomic mass is 35.5. The Kier molecular flexibility index (Phi) is 8.16. The van der Waals surface area contributed by atoms with E-state index in [9.17, 15) is 4.79 Å². The average molecular weight is 335 g/mol. The molecule has 0 aliphatic heterocycles. The molecule has 0 spiro atoms. The van der Waals surface area contributed by atoms with Gasteiger partial charge in [-0.05, 0) is 23.3 Å². The van der Waals surface area contributed by atoms with Crippen molar-refractivity contribution in [2.45, 2.75) is 13.0 Å². The van der Waals surface area contributed by atoms with Crippen molar-refractivity contribution in [2.24, 2.45) is 0 Å². The molecule has 2 aromatic carbocycles. The Hall–Kier alpha value is -2.04. The summed E-state index contributed by atoms with van der Waals surface area (Å²) in [7, 11) is 1.80. The summed E-state index contributed by atoms with van der Waals surface area (Å²) in [6.45, 7) is 1.68. The van der Waals surface area contributed by atoms with E-state index in [0.717, 1.165) is 11.1 Å². The maximum absolute atomic E-state index is 12.1. The number of benzene rings is 2. The molecule has 124 valence electrons. The minimum atomic E-state index is 0. The lowest BCUT2D eigenvalue weighted by atomic mass is 10.1. The van der Waals surface area contributed by atoms with E-state index in [2.05, 4.69) is 0 Å². The summed E-state index contributed by atoms with van der Waals surface area (Å²) < 4.78 is 5.60. The number of nitrogen functional groups attached to an aromatic ring is 1. The smallest absolute Gasteiger partial charge is 0.226 e. The van der Waals surface area contributed by atoms with Crippen molar-refractivity contribution < 1.29 is 9.53 Å². The number of rotatable bonds is 7. The summed E-state index contributed by atoms with van der Waals surface area (Å²) >= 11 is 0. The van der Waals surface area contributed by atoms with Crippen LogP contribution in [0.15, 0.2) is 54.6 Å². The third-order valence-corrected chi connectivity index (χ3v) is 3.44. The van der Waals surface area contributed by atoms with Crippen LogP contribution in [-0.4, -0.2) is 31.0 Å².